The summed E-state index contributed by atoms with van der Waals surface area (Å²) in [6.07, 6.45) is -4.84. The van der Waals surface area contributed by atoms with Gasteiger partial charge in [0, 0.05) is 5.69 Å². The van der Waals surface area contributed by atoms with Crippen molar-refractivity contribution in [2.45, 2.75) is 19.6 Å². The number of H-pyrrole nitrogens is 1. The Morgan fingerprint density at radius 3 is 2.47 bits per heavy atom. The van der Waals surface area contributed by atoms with E-state index in [-0.39, 0.29) is 33.9 Å². The summed E-state index contributed by atoms with van der Waals surface area (Å²) < 4.78 is 49.2. The highest BCUT2D eigenvalue weighted by atomic mass is 19.4. The lowest BCUT2D eigenvalue weighted by Crippen LogP contribution is -2.22. The standard InChI is InChI=1S/C24H18F3N5O4/c1-12-17(21-29-19-14(31(21)11-16(33)34)9-6-10-15(19)36-2)23(35)32-22(28-12)18(13-7-4-3-5-8-13)20(30-32)24(25,26)27/h3-10,28H,11H2,1-2H3,(H,33,34). The number of methoxy groups -OCH3 is 1. The van der Waals surface area contributed by atoms with E-state index in [0.29, 0.717) is 21.3 Å². The first kappa shape index (κ1) is 23.1. The number of hydrogen-bond acceptors (Lipinski definition) is 5. The van der Waals surface area contributed by atoms with Gasteiger partial charge in [0.1, 0.15) is 34.8 Å². The monoisotopic (exact) mass is 497 g/mol. The van der Waals surface area contributed by atoms with Gasteiger partial charge in [-0.05, 0) is 24.6 Å². The molecule has 0 spiro atoms. The fourth-order valence-electron chi connectivity index (χ4n) is 4.30. The maximum absolute atomic E-state index is 14.0. The molecule has 0 amide bonds. The summed E-state index contributed by atoms with van der Waals surface area (Å²) in [6.45, 7) is 0.964. The van der Waals surface area contributed by atoms with Crippen molar-refractivity contribution < 1.29 is 27.8 Å². The summed E-state index contributed by atoms with van der Waals surface area (Å²) in [7, 11) is 1.42. The summed E-state index contributed by atoms with van der Waals surface area (Å²) in [6, 6.07) is 12.7. The van der Waals surface area contributed by atoms with Crippen LogP contribution in [0.15, 0.2) is 53.3 Å². The van der Waals surface area contributed by atoms with E-state index in [1.165, 1.54) is 30.7 Å². The fraction of sp³-hybridized carbons (Fsp3) is 0.167. The average Bonchev–Trinajstić information content (AvgIpc) is 3.38. The van der Waals surface area contributed by atoms with E-state index in [1.807, 2.05) is 0 Å². The van der Waals surface area contributed by atoms with E-state index in [9.17, 15) is 27.9 Å². The zero-order valence-corrected chi connectivity index (χ0v) is 18.9. The Bertz CT molecular complexity index is 1700. The Hall–Kier alpha value is -4.61. The second-order valence-corrected chi connectivity index (χ2v) is 8.02. The second-order valence-electron chi connectivity index (χ2n) is 8.02. The van der Waals surface area contributed by atoms with Crippen molar-refractivity contribution in [3.05, 3.63) is 70.3 Å². The van der Waals surface area contributed by atoms with Crippen molar-refractivity contribution in [1.82, 2.24) is 24.1 Å². The van der Waals surface area contributed by atoms with Gasteiger partial charge in [0.15, 0.2) is 5.69 Å². The highest BCUT2D eigenvalue weighted by Crippen LogP contribution is 2.38. The predicted octanol–water partition coefficient (Wildman–Crippen LogP) is 4.13. The smallest absolute Gasteiger partial charge is 0.435 e. The zero-order chi connectivity index (χ0) is 25.8. The van der Waals surface area contributed by atoms with Crippen LogP contribution >= 0.6 is 0 Å². The molecule has 0 saturated carbocycles. The predicted molar refractivity (Wildman–Crippen MR) is 124 cm³/mol. The van der Waals surface area contributed by atoms with Crippen LogP contribution in [-0.4, -0.2) is 42.3 Å². The fourth-order valence-corrected chi connectivity index (χ4v) is 4.30. The summed E-state index contributed by atoms with van der Waals surface area (Å²) in [5.41, 5.74) is -1.52. The van der Waals surface area contributed by atoms with E-state index >= 15 is 0 Å². The van der Waals surface area contributed by atoms with Crippen LogP contribution in [0, 0.1) is 6.92 Å². The highest BCUT2D eigenvalue weighted by Gasteiger charge is 2.39. The molecule has 184 valence electrons. The van der Waals surface area contributed by atoms with Crippen molar-refractivity contribution in [1.29, 1.82) is 0 Å². The lowest BCUT2D eigenvalue weighted by atomic mass is 10.1. The van der Waals surface area contributed by atoms with E-state index in [4.69, 9.17) is 4.74 Å². The van der Waals surface area contributed by atoms with Gasteiger partial charge in [-0.3, -0.25) is 9.59 Å². The Morgan fingerprint density at radius 1 is 1.11 bits per heavy atom. The normalized spacial score (nSPS) is 11.9. The Kier molecular flexibility index (Phi) is 5.31. The minimum Gasteiger partial charge on any atom is -0.494 e. The van der Waals surface area contributed by atoms with E-state index in [1.54, 1.807) is 36.4 Å². The van der Waals surface area contributed by atoms with Crippen molar-refractivity contribution in [3.63, 3.8) is 0 Å². The lowest BCUT2D eigenvalue weighted by Gasteiger charge is -2.10. The number of hydrogen-bond donors (Lipinski definition) is 2. The summed E-state index contributed by atoms with van der Waals surface area (Å²) in [4.78, 5) is 32.6. The van der Waals surface area contributed by atoms with Gasteiger partial charge in [-0.1, -0.05) is 36.4 Å². The molecular weight excluding hydrogens is 479 g/mol. The molecule has 0 radical (unpaired) electrons. The molecule has 0 aliphatic heterocycles. The molecule has 0 aliphatic rings. The van der Waals surface area contributed by atoms with Crippen molar-refractivity contribution in [2.24, 2.45) is 0 Å². The number of aromatic amines is 1. The molecule has 5 rings (SSSR count). The number of aliphatic carboxylic acids is 1. The van der Waals surface area contributed by atoms with Gasteiger partial charge in [0.25, 0.3) is 5.56 Å². The molecule has 12 heteroatoms. The number of ether oxygens (including phenoxy) is 1. The van der Waals surface area contributed by atoms with Crippen LogP contribution in [0.3, 0.4) is 0 Å². The summed E-state index contributed by atoms with van der Waals surface area (Å²) >= 11 is 0. The minimum absolute atomic E-state index is 0.0390. The topological polar surface area (TPSA) is 115 Å². The van der Waals surface area contributed by atoms with Crippen LogP contribution < -0.4 is 10.3 Å². The molecule has 0 unspecified atom stereocenters. The first-order valence-electron chi connectivity index (χ1n) is 10.7. The van der Waals surface area contributed by atoms with Gasteiger partial charge in [-0.15, -0.1) is 0 Å². The van der Waals surface area contributed by atoms with Gasteiger partial charge in [0.2, 0.25) is 0 Å². The van der Waals surface area contributed by atoms with Crippen LogP contribution in [0.2, 0.25) is 0 Å². The maximum atomic E-state index is 14.0. The molecule has 9 nitrogen and oxygen atoms in total. The third-order valence-electron chi connectivity index (χ3n) is 5.78. The van der Waals surface area contributed by atoms with Gasteiger partial charge in [-0.2, -0.15) is 22.8 Å². The number of nitrogens with one attached hydrogen (secondary N) is 1. The van der Waals surface area contributed by atoms with E-state index < -0.39 is 29.9 Å². The van der Waals surface area contributed by atoms with Crippen molar-refractivity contribution >= 4 is 22.6 Å². The van der Waals surface area contributed by atoms with E-state index in [2.05, 4.69) is 15.1 Å². The van der Waals surface area contributed by atoms with Crippen LogP contribution in [0.5, 0.6) is 5.75 Å². The van der Waals surface area contributed by atoms with Crippen LogP contribution in [0.1, 0.15) is 11.4 Å². The molecule has 2 aromatic carbocycles. The number of aryl methyl sites for hydroxylation is 1. The number of fused-ring (bicyclic) bond motifs is 2. The molecule has 0 aliphatic carbocycles. The van der Waals surface area contributed by atoms with Gasteiger partial charge in [-0.25, -0.2) is 4.98 Å². The number of rotatable bonds is 5. The number of aromatic nitrogens is 5. The maximum Gasteiger partial charge on any atom is 0.435 e. The molecule has 2 N–H and O–H groups in total. The third-order valence-corrected chi connectivity index (χ3v) is 5.78. The lowest BCUT2D eigenvalue weighted by molar-refractivity contribution is -0.141. The average molecular weight is 497 g/mol. The van der Waals surface area contributed by atoms with Crippen LogP contribution in [0.25, 0.3) is 39.2 Å². The molecule has 5 aromatic rings. The second kappa shape index (κ2) is 8.26. The zero-order valence-electron chi connectivity index (χ0n) is 18.9. The number of nitrogens with zero attached hydrogens (tertiary/aromatic N) is 4. The van der Waals surface area contributed by atoms with Gasteiger partial charge in [0.05, 0.1) is 18.2 Å². The number of imidazole rings is 1. The highest BCUT2D eigenvalue weighted by molar-refractivity contribution is 5.88. The molecule has 0 atom stereocenters. The Labute approximate surface area is 200 Å². The number of para-hydroxylation sites is 1. The Balaban J connectivity index is 1.87. The molecular formula is C24H18F3N5O4. The molecule has 3 heterocycles. The quantitative estimate of drug-likeness (QED) is 0.378. The Morgan fingerprint density at radius 2 is 1.83 bits per heavy atom. The SMILES string of the molecule is COc1cccc2c1nc(-c1c(C)[nH]c3c(-c4ccccc4)c(C(F)(F)F)nn3c1=O)n2CC(=O)O. The molecule has 36 heavy (non-hydrogen) atoms. The number of alkyl halides is 3. The van der Waals surface area contributed by atoms with E-state index in [0.717, 1.165) is 0 Å². The van der Waals surface area contributed by atoms with Gasteiger partial charge < -0.3 is 19.4 Å². The largest absolute Gasteiger partial charge is 0.494 e. The number of carboxylic acid groups (broad SMARTS) is 1. The number of benzene rings is 2. The van der Waals surface area contributed by atoms with Gasteiger partial charge >= 0.3 is 12.1 Å². The molecule has 0 saturated heterocycles. The number of carboxylic acids is 1. The summed E-state index contributed by atoms with van der Waals surface area (Å²) in [5.74, 6) is -0.890. The number of carbonyl (C=O) groups is 1. The molecule has 0 bridgehead atoms. The third kappa shape index (κ3) is 3.58. The minimum atomic E-state index is -4.84. The van der Waals surface area contributed by atoms with Crippen molar-refractivity contribution in [3.8, 4) is 28.3 Å². The van der Waals surface area contributed by atoms with Crippen LogP contribution in [-0.2, 0) is 17.5 Å². The van der Waals surface area contributed by atoms with Crippen molar-refractivity contribution in [2.75, 3.05) is 7.11 Å². The van der Waals surface area contributed by atoms with Crippen LogP contribution in [0.4, 0.5) is 13.2 Å². The molecule has 3 aromatic heterocycles. The molecule has 0 fully saturated rings. The first-order valence-corrected chi connectivity index (χ1v) is 10.7. The number of halogens is 3. The summed E-state index contributed by atoms with van der Waals surface area (Å²) in [5, 5.41) is 13.1. The first-order chi connectivity index (χ1) is 17.1.